The molecule has 0 amide bonds. The Kier molecular flexibility index (Phi) is 10.5. The number of ether oxygens (including phenoxy) is 1. The first kappa shape index (κ1) is 29.7. The lowest BCUT2D eigenvalue weighted by Gasteiger charge is -2.29. The molecule has 0 radical (unpaired) electrons. The summed E-state index contributed by atoms with van der Waals surface area (Å²) in [5.74, 6) is -2.98. The van der Waals surface area contributed by atoms with Gasteiger partial charge in [0.1, 0.15) is 17.5 Å². The number of carboxylic acids is 2. The normalized spacial score (nSPS) is 12.6. The van der Waals surface area contributed by atoms with Crippen LogP contribution in [0.5, 0.6) is 11.5 Å². The number of hydrogen-bond donors (Lipinski definition) is 3. The lowest BCUT2D eigenvalue weighted by molar-refractivity contribution is -0.871. The third-order valence-corrected chi connectivity index (χ3v) is 4.96. The van der Waals surface area contributed by atoms with Gasteiger partial charge in [0.25, 0.3) is 10.2 Å². The highest BCUT2D eigenvalue weighted by molar-refractivity contribution is 7.90. The molecule has 0 spiro atoms. The highest BCUT2D eigenvalue weighted by atomic mass is 32.2. The van der Waals surface area contributed by atoms with Crippen LogP contribution in [0.15, 0.2) is 54.6 Å². The highest BCUT2D eigenvalue weighted by Gasteiger charge is 2.29. The molecule has 1 atom stereocenters. The van der Waals surface area contributed by atoms with Crippen molar-refractivity contribution in [1.82, 2.24) is 4.72 Å². The van der Waals surface area contributed by atoms with Crippen LogP contribution < -0.4 is 19.3 Å². The molecular weight excluding hydrogens is 495 g/mol. The van der Waals surface area contributed by atoms with Crippen LogP contribution in [0.4, 0.5) is 18.9 Å². The molecule has 0 aliphatic heterocycles. The largest absolute Gasteiger partial charge is 0.542 e. The van der Waals surface area contributed by atoms with Crippen molar-refractivity contribution >= 4 is 27.8 Å². The highest BCUT2D eigenvalue weighted by Crippen LogP contribution is 2.24. The summed E-state index contributed by atoms with van der Waals surface area (Å²) in [5.41, 5.74) is 0.306. The molecule has 0 fully saturated rings. The van der Waals surface area contributed by atoms with Gasteiger partial charge in [0.05, 0.1) is 45.8 Å². The Morgan fingerprint density at radius 1 is 1.06 bits per heavy atom. The first-order valence-electron chi connectivity index (χ1n) is 9.90. The van der Waals surface area contributed by atoms with E-state index in [0.29, 0.717) is 28.2 Å². The molecule has 0 aliphatic rings. The number of benzene rings is 2. The van der Waals surface area contributed by atoms with Crippen molar-refractivity contribution in [3.05, 3.63) is 54.6 Å². The monoisotopic (exact) mass is 521 g/mol. The molecule has 2 rings (SSSR count). The fraction of sp³-hybridized carbons (Fsp3) is 0.333. The lowest BCUT2D eigenvalue weighted by atomic mass is 10.2. The molecule has 0 aliphatic carbocycles. The summed E-state index contributed by atoms with van der Waals surface area (Å²) >= 11 is 0. The first-order valence-corrected chi connectivity index (χ1v) is 11.4. The number of para-hydroxylation sites is 1. The predicted octanol–water partition coefficient (Wildman–Crippen LogP) is 1.57. The van der Waals surface area contributed by atoms with Gasteiger partial charge < -0.3 is 24.2 Å². The SMILES string of the molecule is C[N+](C)(C)CC(CC(=O)O)NS(=O)(=O)Nc1cccc(Oc2ccccc2)c1.O=C([O-])C(F)(F)F. The summed E-state index contributed by atoms with van der Waals surface area (Å²) in [4.78, 5) is 19.9. The zero-order valence-corrected chi connectivity index (χ0v) is 19.9. The minimum absolute atomic E-state index is 0.306. The molecule has 14 heteroatoms. The van der Waals surface area contributed by atoms with Gasteiger partial charge in [-0.2, -0.15) is 26.3 Å². The second-order valence-corrected chi connectivity index (χ2v) is 9.67. The van der Waals surface area contributed by atoms with Gasteiger partial charge in [0.2, 0.25) is 0 Å². The van der Waals surface area contributed by atoms with Crippen LogP contribution in [0, 0.1) is 0 Å². The van der Waals surface area contributed by atoms with E-state index in [1.165, 1.54) is 0 Å². The summed E-state index contributed by atoms with van der Waals surface area (Å²) in [6, 6.07) is 14.9. The van der Waals surface area contributed by atoms with Crippen molar-refractivity contribution in [3.63, 3.8) is 0 Å². The second-order valence-electron chi connectivity index (χ2n) is 8.22. The Morgan fingerprint density at radius 2 is 1.60 bits per heavy atom. The van der Waals surface area contributed by atoms with E-state index in [4.69, 9.17) is 19.7 Å². The molecule has 2 aromatic carbocycles. The Hall–Kier alpha value is -3.36. The number of carbonyl (C=O) groups excluding carboxylic acids is 1. The minimum Gasteiger partial charge on any atom is -0.542 e. The molecule has 0 aromatic heterocycles. The Bertz CT molecular complexity index is 1090. The zero-order chi connectivity index (χ0) is 26.9. The van der Waals surface area contributed by atoms with E-state index >= 15 is 0 Å². The van der Waals surface area contributed by atoms with Gasteiger partial charge in [-0.05, 0) is 24.3 Å². The van der Waals surface area contributed by atoms with E-state index in [-0.39, 0.29) is 6.42 Å². The number of carboxylic acid groups (broad SMARTS) is 2. The summed E-state index contributed by atoms with van der Waals surface area (Å²) < 4.78 is 67.5. The quantitative estimate of drug-likeness (QED) is 0.403. The topological polar surface area (TPSA) is 145 Å². The fourth-order valence-corrected chi connectivity index (χ4v) is 3.76. The fourth-order valence-electron chi connectivity index (χ4n) is 2.67. The van der Waals surface area contributed by atoms with Crippen LogP contribution in [-0.2, 0) is 19.8 Å². The third kappa shape index (κ3) is 13.2. The van der Waals surface area contributed by atoms with Gasteiger partial charge in [-0.3, -0.25) is 9.52 Å². The van der Waals surface area contributed by atoms with E-state index in [2.05, 4.69) is 9.44 Å². The number of aliphatic carboxylic acids is 2. The number of nitrogens with zero attached hydrogens (tertiary/aromatic N) is 1. The van der Waals surface area contributed by atoms with E-state index in [9.17, 15) is 26.4 Å². The maximum atomic E-state index is 12.5. The van der Waals surface area contributed by atoms with Gasteiger partial charge in [0, 0.05) is 6.07 Å². The first-order chi connectivity index (χ1) is 16.0. The van der Waals surface area contributed by atoms with E-state index in [1.807, 2.05) is 39.3 Å². The molecule has 10 nitrogen and oxygen atoms in total. The van der Waals surface area contributed by atoms with Crippen LogP contribution in [0.25, 0.3) is 0 Å². The average Bonchev–Trinajstić information content (AvgIpc) is 2.66. The molecule has 0 saturated heterocycles. The van der Waals surface area contributed by atoms with Crippen molar-refractivity contribution < 1.29 is 50.6 Å². The van der Waals surface area contributed by atoms with Crippen molar-refractivity contribution in [2.24, 2.45) is 0 Å². The van der Waals surface area contributed by atoms with Crippen LogP contribution in [0.2, 0.25) is 0 Å². The van der Waals surface area contributed by atoms with Gasteiger partial charge >= 0.3 is 12.1 Å². The summed E-state index contributed by atoms with van der Waals surface area (Å²) in [5, 5.41) is 17.8. The van der Waals surface area contributed by atoms with Gasteiger partial charge in [-0.1, -0.05) is 24.3 Å². The second kappa shape index (κ2) is 12.4. The number of likely N-dealkylation sites (N-methyl/N-ethyl adjacent to an activating group) is 1. The van der Waals surface area contributed by atoms with E-state index in [0.717, 1.165) is 0 Å². The Labute approximate surface area is 200 Å². The van der Waals surface area contributed by atoms with E-state index in [1.54, 1.807) is 36.4 Å². The molecule has 0 bridgehead atoms. The number of quaternary nitrogens is 1. The van der Waals surface area contributed by atoms with Gasteiger partial charge in [0.15, 0.2) is 0 Å². The number of alkyl halides is 3. The number of carbonyl (C=O) groups is 2. The molecule has 2 aromatic rings. The van der Waals surface area contributed by atoms with Crippen LogP contribution in [0.1, 0.15) is 6.42 Å². The van der Waals surface area contributed by atoms with Crippen molar-refractivity contribution in [2.75, 3.05) is 32.4 Å². The van der Waals surface area contributed by atoms with Crippen molar-refractivity contribution in [1.29, 1.82) is 0 Å². The molecule has 3 N–H and O–H groups in total. The smallest absolute Gasteiger partial charge is 0.430 e. The van der Waals surface area contributed by atoms with Crippen molar-refractivity contribution in [2.45, 2.75) is 18.6 Å². The minimum atomic E-state index is -5.19. The molecule has 0 heterocycles. The lowest BCUT2D eigenvalue weighted by Crippen LogP contribution is -2.50. The Balaban J connectivity index is 0.000000762. The van der Waals surface area contributed by atoms with E-state index < -0.39 is 34.4 Å². The summed E-state index contributed by atoms with van der Waals surface area (Å²) in [7, 11) is 1.62. The number of anilines is 1. The van der Waals surface area contributed by atoms with Crippen molar-refractivity contribution in [3.8, 4) is 11.5 Å². The molecule has 1 unspecified atom stereocenters. The molecule has 35 heavy (non-hydrogen) atoms. The maximum absolute atomic E-state index is 12.5. The molecular formula is C21H26F3N3O7S. The number of halogens is 3. The summed E-state index contributed by atoms with van der Waals surface area (Å²) in [6.45, 7) is 0.324. The van der Waals surface area contributed by atoms with Crippen LogP contribution in [-0.4, -0.2) is 69.9 Å². The average molecular weight is 522 g/mol. The number of nitrogens with one attached hydrogen (secondary N) is 2. The third-order valence-electron chi connectivity index (χ3n) is 3.81. The van der Waals surface area contributed by atoms with Gasteiger partial charge in [-0.15, -0.1) is 0 Å². The van der Waals surface area contributed by atoms with Crippen LogP contribution >= 0.6 is 0 Å². The van der Waals surface area contributed by atoms with Gasteiger partial charge in [-0.25, -0.2) is 0 Å². The standard InChI is InChI=1S/C19H25N3O5S.C2HF3O2/c1-22(2,3)14-16(13-19(23)24)21-28(25,26)20-15-8-7-11-18(12-15)27-17-9-5-4-6-10-17;3-2(4,5)1(6)7/h4-12,16,20-21H,13-14H2,1-3H3;(H,6,7). The Morgan fingerprint density at radius 3 is 2.09 bits per heavy atom. The predicted molar refractivity (Wildman–Crippen MR) is 119 cm³/mol. The number of rotatable bonds is 10. The number of hydrogen-bond acceptors (Lipinski definition) is 6. The summed E-state index contributed by atoms with van der Waals surface area (Å²) in [6.07, 6.45) is -5.51. The zero-order valence-electron chi connectivity index (χ0n) is 19.1. The maximum Gasteiger partial charge on any atom is 0.430 e. The molecule has 0 saturated carbocycles. The molecule has 194 valence electrons. The van der Waals surface area contributed by atoms with Crippen LogP contribution in [0.3, 0.4) is 0 Å².